The van der Waals surface area contributed by atoms with E-state index in [1.54, 1.807) is 74.5 Å². The molecule has 4 aromatic carbocycles. The number of nitrogens with zero attached hydrogens (tertiary/aromatic N) is 4. The lowest BCUT2D eigenvalue weighted by Crippen LogP contribution is -2.49. The molecule has 13 heteroatoms. The first-order valence-electron chi connectivity index (χ1n) is 21.2. The molecule has 6 atom stereocenters. The van der Waals surface area contributed by atoms with Crippen molar-refractivity contribution in [3.8, 4) is 27.8 Å². The Balaban J connectivity index is 0.994. The average molecular weight is 893 g/mol. The van der Waals surface area contributed by atoms with Crippen LogP contribution >= 0.6 is 22.9 Å². The molecule has 11 nitrogen and oxygen atoms in total. The summed E-state index contributed by atoms with van der Waals surface area (Å²) in [4.78, 5) is 62.9. The molecule has 2 aromatic heterocycles. The standard InChI is InChI=1S/C51H45ClN4O7S/c1-26-21-30(11-18-40(26)57)45-34-16-17-35-44(49(60)55(47(35)58)32-13-8-28(9-14-32)7-10-29-22-33(62-5)15-19-41(29)63-6)37(34)24-38-48(59)56(50(61)51(38,45)3)43-25-39(53-54(43)4)46-27(2)36-23-31(52)12-20-42(36)64-46/h7-16,18-23,25,35,37-38,44-45,57H,17,24H2,1-6H3/t35-,37+,38-,44-,45-,51+/m0/s1. The monoisotopic (exact) mass is 892 g/mol. The van der Waals surface area contributed by atoms with Crippen molar-refractivity contribution in [2.24, 2.45) is 36.1 Å². The molecule has 4 amide bonds. The molecule has 1 saturated carbocycles. The van der Waals surface area contributed by atoms with E-state index in [9.17, 15) is 14.7 Å². The number of allylic oxidation sites excluding steroid dienone is 2. The van der Waals surface area contributed by atoms with Crippen molar-refractivity contribution in [3.63, 3.8) is 0 Å². The Labute approximate surface area is 379 Å². The Morgan fingerprint density at radius 2 is 1.64 bits per heavy atom. The smallest absolute Gasteiger partial charge is 0.242 e. The number of benzene rings is 4. The third kappa shape index (κ3) is 6.24. The third-order valence-corrected chi connectivity index (χ3v) is 15.6. The van der Waals surface area contributed by atoms with Crippen LogP contribution in [0.1, 0.15) is 53.5 Å². The Morgan fingerprint density at radius 3 is 2.38 bits per heavy atom. The fourth-order valence-corrected chi connectivity index (χ4v) is 12.1. The molecule has 0 bridgehead atoms. The number of aryl methyl sites for hydroxylation is 3. The van der Waals surface area contributed by atoms with Crippen LogP contribution in [0.4, 0.5) is 11.5 Å². The summed E-state index contributed by atoms with van der Waals surface area (Å²) in [7, 11) is 4.95. The molecule has 2 aliphatic heterocycles. The second kappa shape index (κ2) is 15.3. The first-order valence-corrected chi connectivity index (χ1v) is 22.4. The molecule has 4 aliphatic rings. The van der Waals surface area contributed by atoms with E-state index in [4.69, 9.17) is 26.2 Å². The fourth-order valence-electron chi connectivity index (χ4n) is 10.8. The van der Waals surface area contributed by atoms with Crippen LogP contribution in [-0.2, 0) is 26.2 Å². The van der Waals surface area contributed by atoms with Gasteiger partial charge < -0.3 is 14.6 Å². The Morgan fingerprint density at radius 1 is 0.859 bits per heavy atom. The van der Waals surface area contributed by atoms with Gasteiger partial charge in [-0.15, -0.1) is 11.3 Å². The summed E-state index contributed by atoms with van der Waals surface area (Å²) in [6.07, 6.45) is 6.40. The van der Waals surface area contributed by atoms with E-state index in [1.165, 1.54) is 9.80 Å². The van der Waals surface area contributed by atoms with Crippen LogP contribution < -0.4 is 19.3 Å². The minimum atomic E-state index is -1.26. The van der Waals surface area contributed by atoms with Gasteiger partial charge in [0.25, 0.3) is 0 Å². The van der Waals surface area contributed by atoms with Gasteiger partial charge in [-0.1, -0.05) is 59.7 Å². The van der Waals surface area contributed by atoms with Gasteiger partial charge in [0.1, 0.15) is 28.8 Å². The second-order valence-electron chi connectivity index (χ2n) is 17.5. The number of thiophene rings is 1. The van der Waals surface area contributed by atoms with Crippen LogP contribution in [-0.4, -0.2) is 52.7 Å². The molecule has 4 heterocycles. The summed E-state index contributed by atoms with van der Waals surface area (Å²) < 4.78 is 13.5. The number of hydrogen-bond donors (Lipinski definition) is 1. The number of fused-ring (bicyclic) bond motifs is 5. The normalized spacial score (nSPS) is 24.1. The van der Waals surface area contributed by atoms with E-state index in [0.29, 0.717) is 45.7 Å². The summed E-state index contributed by atoms with van der Waals surface area (Å²) in [6.45, 7) is 5.67. The first kappa shape index (κ1) is 41.5. The van der Waals surface area contributed by atoms with E-state index in [1.807, 2.05) is 86.7 Å². The van der Waals surface area contributed by atoms with Gasteiger partial charge >= 0.3 is 0 Å². The van der Waals surface area contributed by atoms with Gasteiger partial charge in [-0.2, -0.15) is 5.10 Å². The quantitative estimate of drug-likeness (QED) is 0.0908. The number of aromatic nitrogens is 2. The topological polar surface area (TPSA) is 131 Å². The molecule has 0 radical (unpaired) electrons. The molecule has 3 fully saturated rings. The predicted octanol–water partition coefficient (Wildman–Crippen LogP) is 9.90. The zero-order valence-corrected chi connectivity index (χ0v) is 37.7. The molecule has 1 N–H and O–H groups in total. The lowest BCUT2D eigenvalue weighted by molar-refractivity contribution is -0.131. The summed E-state index contributed by atoms with van der Waals surface area (Å²) in [5, 5.41) is 17.1. The molecule has 2 aliphatic carbocycles. The number of halogens is 1. The highest BCUT2D eigenvalue weighted by molar-refractivity contribution is 7.22. The minimum absolute atomic E-state index is 0.112. The summed E-state index contributed by atoms with van der Waals surface area (Å²) in [5.41, 5.74) is 4.78. The van der Waals surface area contributed by atoms with Crippen LogP contribution in [0, 0.1) is 42.9 Å². The SMILES string of the molecule is COc1ccc(OC)c(C=Cc2ccc(N3C(=O)[C@H]4[C@H](CC=C5[C@H]4C[C@H]4C(=O)N(c6cc(-c7sc8ccc(Cl)cc8c7C)nn6C)C(=O)[C@@]4(C)[C@H]5c4ccc(O)c(C)c4)C3=O)cc2)c1. The van der Waals surface area contributed by atoms with E-state index >= 15 is 9.59 Å². The molecule has 0 unspecified atom stereocenters. The van der Waals surface area contributed by atoms with Crippen LogP contribution in [0.5, 0.6) is 17.2 Å². The van der Waals surface area contributed by atoms with Crippen molar-refractivity contribution in [2.45, 2.75) is 39.5 Å². The van der Waals surface area contributed by atoms with E-state index in [2.05, 4.69) is 0 Å². The van der Waals surface area contributed by atoms with Gasteiger partial charge in [0.15, 0.2) is 0 Å². The van der Waals surface area contributed by atoms with Crippen LogP contribution in [0.3, 0.4) is 0 Å². The molecule has 2 saturated heterocycles. The minimum Gasteiger partial charge on any atom is -0.508 e. The number of ether oxygens (including phenoxy) is 2. The van der Waals surface area contributed by atoms with Gasteiger partial charge in [-0.3, -0.25) is 28.8 Å². The van der Waals surface area contributed by atoms with Crippen LogP contribution in [0.15, 0.2) is 96.6 Å². The van der Waals surface area contributed by atoms with Gasteiger partial charge in [0, 0.05) is 34.3 Å². The average Bonchev–Trinajstić information content (AvgIpc) is 3.96. The van der Waals surface area contributed by atoms with E-state index in [-0.39, 0.29) is 35.8 Å². The van der Waals surface area contributed by atoms with Crippen molar-refractivity contribution in [1.29, 1.82) is 0 Å². The summed E-state index contributed by atoms with van der Waals surface area (Å²) >= 11 is 7.92. The van der Waals surface area contributed by atoms with Gasteiger partial charge in [0.2, 0.25) is 23.6 Å². The number of imide groups is 2. The van der Waals surface area contributed by atoms with Crippen molar-refractivity contribution >= 4 is 80.3 Å². The highest BCUT2D eigenvalue weighted by Crippen LogP contribution is 2.64. The summed E-state index contributed by atoms with van der Waals surface area (Å²) in [5.74, 6) is -2.77. The lowest BCUT2D eigenvalue weighted by atomic mass is 9.51. The lowest BCUT2D eigenvalue weighted by Gasteiger charge is -2.49. The third-order valence-electron chi connectivity index (χ3n) is 14.1. The van der Waals surface area contributed by atoms with Gasteiger partial charge in [-0.05, 0) is 122 Å². The highest BCUT2D eigenvalue weighted by atomic mass is 35.5. The maximum atomic E-state index is 15.3. The van der Waals surface area contributed by atoms with Crippen molar-refractivity contribution in [2.75, 3.05) is 24.0 Å². The molecule has 10 rings (SSSR count). The largest absolute Gasteiger partial charge is 0.508 e. The highest BCUT2D eigenvalue weighted by Gasteiger charge is 2.68. The number of amides is 4. The van der Waals surface area contributed by atoms with Crippen LogP contribution in [0.2, 0.25) is 5.02 Å². The number of carbonyl (C=O) groups excluding carboxylic acids is 4. The first-order chi connectivity index (χ1) is 30.7. The number of anilines is 2. The van der Waals surface area contributed by atoms with Crippen LogP contribution in [0.25, 0.3) is 32.8 Å². The van der Waals surface area contributed by atoms with Crippen molar-refractivity contribution in [1.82, 2.24) is 9.78 Å². The number of phenols is 1. The Kier molecular flexibility index (Phi) is 9.95. The number of methoxy groups -OCH3 is 2. The summed E-state index contributed by atoms with van der Waals surface area (Å²) in [6, 6.07) is 25.7. The molecule has 64 heavy (non-hydrogen) atoms. The number of aromatic hydroxyl groups is 1. The second-order valence-corrected chi connectivity index (χ2v) is 18.9. The predicted molar refractivity (Wildman–Crippen MR) is 249 cm³/mol. The van der Waals surface area contributed by atoms with E-state index < -0.39 is 35.0 Å². The Bertz CT molecular complexity index is 3040. The number of carbonyl (C=O) groups is 4. The Hall–Kier alpha value is -6.50. The molecule has 6 aromatic rings. The zero-order chi connectivity index (χ0) is 44.9. The fraction of sp³-hybridized carbons (Fsp3) is 0.275. The maximum absolute atomic E-state index is 15.3. The molecular formula is C51H45ClN4O7S. The van der Waals surface area contributed by atoms with Crippen molar-refractivity contribution < 1.29 is 33.8 Å². The zero-order valence-electron chi connectivity index (χ0n) is 36.1. The van der Waals surface area contributed by atoms with E-state index in [0.717, 1.165) is 42.8 Å². The van der Waals surface area contributed by atoms with Crippen molar-refractivity contribution in [3.05, 3.63) is 129 Å². The number of phenolic OH excluding ortho intramolecular Hbond substituents is 1. The number of hydrogen-bond acceptors (Lipinski definition) is 9. The molecule has 324 valence electrons. The van der Waals surface area contributed by atoms with Gasteiger partial charge in [-0.25, -0.2) is 4.90 Å². The maximum Gasteiger partial charge on any atom is 0.242 e. The molecule has 0 spiro atoms. The number of rotatable bonds is 8. The van der Waals surface area contributed by atoms with Gasteiger partial charge in [0.05, 0.1) is 48.0 Å². The molecular weight excluding hydrogens is 848 g/mol.